The molecule has 0 bridgehead atoms. The maximum atomic E-state index is 2.17. The fourth-order valence-electron chi connectivity index (χ4n) is 0.298. The van der Waals surface area contributed by atoms with Crippen LogP contribution in [0.2, 0.25) is 0 Å². The first-order valence-corrected chi connectivity index (χ1v) is 2.70. The minimum Gasteiger partial charge on any atom is -0.300 e. The molecule has 0 N–H and O–H groups in total. The second kappa shape index (κ2) is 3.03. The molecular formula is C6H14N. The maximum Gasteiger partial charge on any atom is 0.0220 e. The summed E-state index contributed by atoms with van der Waals surface area (Å²) in [5, 5.41) is 0. The third kappa shape index (κ3) is 2.63. The highest BCUT2D eigenvalue weighted by atomic mass is 15.1. The highest BCUT2D eigenvalue weighted by molar-refractivity contribution is 4.61. The molecule has 0 spiro atoms. The number of nitrogens with zero attached hydrogens (tertiary/aromatic N) is 1. The van der Waals surface area contributed by atoms with Crippen molar-refractivity contribution in [3.8, 4) is 0 Å². The van der Waals surface area contributed by atoms with Gasteiger partial charge in [0.05, 0.1) is 0 Å². The van der Waals surface area contributed by atoms with Crippen molar-refractivity contribution in [3.05, 3.63) is 6.54 Å². The molecule has 0 heterocycles. The summed E-state index contributed by atoms with van der Waals surface area (Å²) in [6, 6.07) is 0.644. The number of hydrogen-bond donors (Lipinski definition) is 0. The lowest BCUT2D eigenvalue weighted by molar-refractivity contribution is 0.338. The van der Waals surface area contributed by atoms with E-state index in [4.69, 9.17) is 0 Å². The summed E-state index contributed by atoms with van der Waals surface area (Å²) >= 11 is 0. The van der Waals surface area contributed by atoms with E-state index in [0.29, 0.717) is 6.04 Å². The summed E-state index contributed by atoms with van der Waals surface area (Å²) < 4.78 is 0. The highest BCUT2D eigenvalue weighted by Crippen LogP contribution is 1.93. The van der Waals surface area contributed by atoms with Crippen molar-refractivity contribution in [1.29, 1.82) is 0 Å². The quantitative estimate of drug-likeness (QED) is 0.508. The summed E-state index contributed by atoms with van der Waals surface area (Å²) in [4.78, 5) is 2.17. The Hall–Kier alpha value is -0.0400. The molecule has 0 aliphatic rings. The van der Waals surface area contributed by atoms with Crippen molar-refractivity contribution in [2.45, 2.75) is 26.8 Å². The topological polar surface area (TPSA) is 3.24 Å². The Labute approximate surface area is 46.3 Å². The van der Waals surface area contributed by atoms with Crippen molar-refractivity contribution in [2.75, 3.05) is 7.05 Å². The Morgan fingerprint density at radius 3 is 1.86 bits per heavy atom. The molecule has 1 heteroatoms. The standard InChI is InChI=1S/C6H14N/c1-5-7(4)6(2)3/h5-6H,1-4H3. The van der Waals surface area contributed by atoms with Crippen LogP contribution in [0.4, 0.5) is 0 Å². The molecule has 0 amide bonds. The van der Waals surface area contributed by atoms with Gasteiger partial charge in [0, 0.05) is 12.6 Å². The Bertz CT molecular complexity index is 41.4. The average molecular weight is 100 g/mol. The van der Waals surface area contributed by atoms with Crippen LogP contribution in [0.25, 0.3) is 0 Å². The Balaban J connectivity index is 3.14. The molecule has 0 atom stereocenters. The maximum absolute atomic E-state index is 2.17. The van der Waals surface area contributed by atoms with Gasteiger partial charge >= 0.3 is 0 Å². The smallest absolute Gasteiger partial charge is 0.0220 e. The van der Waals surface area contributed by atoms with Gasteiger partial charge in [-0.15, -0.1) is 0 Å². The molecule has 1 nitrogen and oxygen atoms in total. The molecule has 0 saturated heterocycles. The van der Waals surface area contributed by atoms with E-state index >= 15 is 0 Å². The van der Waals surface area contributed by atoms with Gasteiger partial charge in [0.2, 0.25) is 0 Å². The zero-order chi connectivity index (χ0) is 5.86. The predicted octanol–water partition coefficient (Wildman–Crippen LogP) is 1.51. The summed E-state index contributed by atoms with van der Waals surface area (Å²) in [7, 11) is 2.07. The van der Waals surface area contributed by atoms with Gasteiger partial charge in [-0.05, 0) is 27.8 Å². The first-order chi connectivity index (χ1) is 3.18. The van der Waals surface area contributed by atoms with Crippen molar-refractivity contribution < 1.29 is 0 Å². The van der Waals surface area contributed by atoms with Crippen LogP contribution in [-0.4, -0.2) is 18.0 Å². The summed E-state index contributed by atoms with van der Waals surface area (Å²) in [6.45, 7) is 8.45. The van der Waals surface area contributed by atoms with Gasteiger partial charge < -0.3 is 0 Å². The van der Waals surface area contributed by atoms with E-state index in [2.05, 4.69) is 32.3 Å². The highest BCUT2D eigenvalue weighted by Gasteiger charge is 1.96. The molecule has 0 aromatic rings. The molecule has 0 fully saturated rings. The van der Waals surface area contributed by atoms with E-state index in [1.165, 1.54) is 0 Å². The van der Waals surface area contributed by atoms with E-state index in [1.54, 1.807) is 0 Å². The van der Waals surface area contributed by atoms with Gasteiger partial charge in [-0.25, -0.2) is 0 Å². The molecule has 1 radical (unpaired) electrons. The van der Waals surface area contributed by atoms with Gasteiger partial charge in [0.25, 0.3) is 0 Å². The van der Waals surface area contributed by atoms with E-state index < -0.39 is 0 Å². The minimum atomic E-state index is 0.644. The van der Waals surface area contributed by atoms with Crippen LogP contribution in [0.3, 0.4) is 0 Å². The molecule has 0 unspecified atom stereocenters. The largest absolute Gasteiger partial charge is 0.300 e. The predicted molar refractivity (Wildman–Crippen MR) is 32.9 cm³/mol. The molecule has 0 aliphatic carbocycles. The average Bonchev–Trinajstić information content (AvgIpc) is 1.65. The van der Waals surface area contributed by atoms with E-state index in [0.717, 1.165) is 0 Å². The summed E-state index contributed by atoms with van der Waals surface area (Å²) in [6.07, 6.45) is 0. The Morgan fingerprint density at radius 2 is 1.86 bits per heavy atom. The molecule has 0 aromatic heterocycles. The lowest BCUT2D eigenvalue weighted by atomic mass is 10.3. The van der Waals surface area contributed by atoms with Crippen LogP contribution in [0.5, 0.6) is 0 Å². The number of rotatable bonds is 2. The van der Waals surface area contributed by atoms with Crippen molar-refractivity contribution in [2.24, 2.45) is 0 Å². The van der Waals surface area contributed by atoms with E-state index in [1.807, 2.05) is 6.92 Å². The fourth-order valence-corrected chi connectivity index (χ4v) is 0.298. The lowest BCUT2D eigenvalue weighted by Gasteiger charge is -2.16. The van der Waals surface area contributed by atoms with Crippen molar-refractivity contribution >= 4 is 0 Å². The van der Waals surface area contributed by atoms with Crippen LogP contribution < -0.4 is 0 Å². The molecule has 0 rings (SSSR count). The van der Waals surface area contributed by atoms with Crippen LogP contribution in [0.15, 0.2) is 0 Å². The zero-order valence-corrected chi connectivity index (χ0v) is 5.60. The molecule has 43 valence electrons. The van der Waals surface area contributed by atoms with Crippen molar-refractivity contribution in [3.63, 3.8) is 0 Å². The summed E-state index contributed by atoms with van der Waals surface area (Å²) in [5.74, 6) is 0. The van der Waals surface area contributed by atoms with Gasteiger partial charge in [-0.3, -0.25) is 4.90 Å². The van der Waals surface area contributed by atoms with Crippen molar-refractivity contribution in [1.82, 2.24) is 4.90 Å². The van der Waals surface area contributed by atoms with Crippen LogP contribution in [-0.2, 0) is 0 Å². The monoisotopic (exact) mass is 100 g/mol. The fraction of sp³-hybridized carbons (Fsp3) is 0.833. The second-order valence-electron chi connectivity index (χ2n) is 2.02. The third-order valence-corrected chi connectivity index (χ3v) is 1.22. The first-order valence-electron chi connectivity index (χ1n) is 2.70. The van der Waals surface area contributed by atoms with Crippen LogP contribution in [0.1, 0.15) is 20.8 Å². The number of hydrogen-bond acceptors (Lipinski definition) is 1. The van der Waals surface area contributed by atoms with E-state index in [-0.39, 0.29) is 0 Å². The molecule has 0 aliphatic heterocycles. The molecule has 7 heavy (non-hydrogen) atoms. The summed E-state index contributed by atoms with van der Waals surface area (Å²) in [5.41, 5.74) is 0. The van der Waals surface area contributed by atoms with Gasteiger partial charge in [-0.1, -0.05) is 0 Å². The zero-order valence-electron chi connectivity index (χ0n) is 5.60. The van der Waals surface area contributed by atoms with Gasteiger partial charge in [0.1, 0.15) is 0 Å². The molecule has 0 aromatic carbocycles. The normalized spacial score (nSPS) is 11.1. The van der Waals surface area contributed by atoms with Gasteiger partial charge in [0.15, 0.2) is 0 Å². The van der Waals surface area contributed by atoms with Crippen LogP contribution in [0, 0.1) is 6.54 Å². The van der Waals surface area contributed by atoms with E-state index in [9.17, 15) is 0 Å². The first kappa shape index (κ1) is 6.96. The van der Waals surface area contributed by atoms with Gasteiger partial charge in [-0.2, -0.15) is 0 Å². The Morgan fingerprint density at radius 1 is 1.43 bits per heavy atom. The second-order valence-corrected chi connectivity index (χ2v) is 2.02. The lowest BCUT2D eigenvalue weighted by Crippen LogP contribution is -2.21. The Kier molecular flexibility index (Phi) is 3.01. The SMILES string of the molecule is C[CH]N(C)C(C)C. The van der Waals surface area contributed by atoms with Crippen LogP contribution >= 0.6 is 0 Å². The molecular weight excluding hydrogens is 86.1 g/mol. The third-order valence-electron chi connectivity index (χ3n) is 1.22. The minimum absolute atomic E-state index is 0.644. The molecule has 0 saturated carbocycles.